The van der Waals surface area contributed by atoms with E-state index in [1.165, 1.54) is 0 Å². The summed E-state index contributed by atoms with van der Waals surface area (Å²) < 4.78 is 5.59. The maximum absolute atomic E-state index is 5.70. The van der Waals surface area contributed by atoms with E-state index in [1.807, 2.05) is 19.9 Å². The second-order valence-corrected chi connectivity index (χ2v) is 4.74. The third-order valence-corrected chi connectivity index (χ3v) is 3.21. The quantitative estimate of drug-likeness (QED) is 0.741. The molecule has 1 unspecified atom stereocenters. The van der Waals surface area contributed by atoms with Crippen LogP contribution in [0.5, 0.6) is 0 Å². The first-order chi connectivity index (χ1) is 9.19. The minimum atomic E-state index is 0.171. The molecule has 1 heterocycles. The van der Waals surface area contributed by atoms with Crippen molar-refractivity contribution in [3.05, 3.63) is 29.6 Å². The fraction of sp³-hybridized carbons (Fsp3) is 0.667. The molecule has 2 N–H and O–H groups in total. The van der Waals surface area contributed by atoms with E-state index in [1.54, 1.807) is 0 Å². The smallest absolute Gasteiger partial charge is 0.0709 e. The van der Waals surface area contributed by atoms with Crippen molar-refractivity contribution in [1.82, 2.24) is 9.88 Å². The molecule has 0 radical (unpaired) electrons. The molecule has 1 atom stereocenters. The number of aromatic nitrogens is 1. The minimum absolute atomic E-state index is 0.171. The average Bonchev–Trinajstić information content (AvgIpc) is 2.41. The van der Waals surface area contributed by atoms with Crippen LogP contribution in [0.1, 0.15) is 31.7 Å². The Hall–Kier alpha value is -0.970. The van der Waals surface area contributed by atoms with Gasteiger partial charge in [-0.15, -0.1) is 0 Å². The van der Waals surface area contributed by atoms with Crippen molar-refractivity contribution >= 4 is 0 Å². The van der Waals surface area contributed by atoms with Crippen LogP contribution in [0, 0.1) is 6.92 Å². The molecule has 108 valence electrons. The number of aryl methyl sites for hydroxylation is 1. The highest BCUT2D eigenvalue weighted by molar-refractivity contribution is 5.09. The number of pyridine rings is 1. The monoisotopic (exact) mass is 265 g/mol. The number of hydrogen-bond donors (Lipinski definition) is 1. The third kappa shape index (κ3) is 6.14. The lowest BCUT2D eigenvalue weighted by atomic mass is 10.2. The molecular formula is C15H27N3O. The predicted molar refractivity (Wildman–Crippen MR) is 79.0 cm³/mol. The zero-order valence-corrected chi connectivity index (χ0v) is 12.4. The van der Waals surface area contributed by atoms with Crippen molar-refractivity contribution in [2.75, 3.05) is 26.2 Å². The number of nitrogens with two attached hydrogens (primary N) is 1. The molecule has 0 saturated carbocycles. The zero-order chi connectivity index (χ0) is 14.1. The fourth-order valence-corrected chi connectivity index (χ4v) is 2.10. The molecule has 4 heteroatoms. The lowest BCUT2D eigenvalue weighted by molar-refractivity contribution is 0.0540. The van der Waals surface area contributed by atoms with Crippen LogP contribution in [0.15, 0.2) is 18.2 Å². The van der Waals surface area contributed by atoms with Gasteiger partial charge in [-0.05, 0) is 38.9 Å². The lowest BCUT2D eigenvalue weighted by Crippen LogP contribution is -2.31. The van der Waals surface area contributed by atoms with Crippen molar-refractivity contribution in [2.45, 2.75) is 39.8 Å². The zero-order valence-electron chi connectivity index (χ0n) is 12.4. The van der Waals surface area contributed by atoms with Crippen LogP contribution in [-0.2, 0) is 11.3 Å². The largest absolute Gasteiger partial charge is 0.377 e. The van der Waals surface area contributed by atoms with E-state index < -0.39 is 0 Å². The summed E-state index contributed by atoms with van der Waals surface area (Å²) in [6, 6.07) is 6.17. The van der Waals surface area contributed by atoms with Crippen LogP contribution >= 0.6 is 0 Å². The predicted octanol–water partition coefficient (Wildman–Crippen LogP) is 1.97. The van der Waals surface area contributed by atoms with Crippen molar-refractivity contribution in [1.29, 1.82) is 0 Å². The Morgan fingerprint density at radius 3 is 2.74 bits per heavy atom. The molecular weight excluding hydrogens is 238 g/mol. The van der Waals surface area contributed by atoms with Crippen LogP contribution in [0.2, 0.25) is 0 Å². The van der Waals surface area contributed by atoms with Gasteiger partial charge in [0, 0.05) is 31.9 Å². The molecule has 19 heavy (non-hydrogen) atoms. The van der Waals surface area contributed by atoms with Crippen LogP contribution in [0.3, 0.4) is 0 Å². The summed E-state index contributed by atoms with van der Waals surface area (Å²) in [5, 5.41) is 0. The summed E-state index contributed by atoms with van der Waals surface area (Å²) in [6.45, 7) is 10.4. The topological polar surface area (TPSA) is 51.4 Å². The maximum Gasteiger partial charge on any atom is 0.0709 e. The Kier molecular flexibility index (Phi) is 7.63. The molecule has 0 aliphatic heterocycles. The van der Waals surface area contributed by atoms with Crippen LogP contribution in [0.4, 0.5) is 0 Å². The normalized spacial score (nSPS) is 12.9. The van der Waals surface area contributed by atoms with Gasteiger partial charge in [0.15, 0.2) is 0 Å². The molecule has 0 spiro atoms. The van der Waals surface area contributed by atoms with Gasteiger partial charge >= 0.3 is 0 Å². The summed E-state index contributed by atoms with van der Waals surface area (Å²) >= 11 is 0. The number of hydrogen-bond acceptors (Lipinski definition) is 4. The first-order valence-corrected chi connectivity index (χ1v) is 7.16. The van der Waals surface area contributed by atoms with Gasteiger partial charge in [-0.3, -0.25) is 9.88 Å². The standard InChI is InChI=1S/C15H27N3O/c1-4-18(10-9-15(11-16)19-5-2)12-14-8-6-7-13(3)17-14/h6-8,15H,4-5,9-12,16H2,1-3H3. The molecule has 0 aliphatic carbocycles. The molecule has 1 aromatic heterocycles. The Bertz CT molecular complexity index is 357. The van der Waals surface area contributed by atoms with Crippen molar-refractivity contribution in [3.63, 3.8) is 0 Å². The summed E-state index contributed by atoms with van der Waals surface area (Å²) in [6.07, 6.45) is 1.15. The number of rotatable bonds is 9. The summed E-state index contributed by atoms with van der Waals surface area (Å²) in [5.41, 5.74) is 7.90. The van der Waals surface area contributed by atoms with Crippen molar-refractivity contribution < 1.29 is 4.74 Å². The summed E-state index contributed by atoms with van der Waals surface area (Å²) in [7, 11) is 0. The Morgan fingerprint density at radius 1 is 1.37 bits per heavy atom. The van der Waals surface area contributed by atoms with E-state index in [2.05, 4.69) is 28.9 Å². The van der Waals surface area contributed by atoms with Crippen molar-refractivity contribution in [2.24, 2.45) is 5.73 Å². The van der Waals surface area contributed by atoms with Gasteiger partial charge in [0.1, 0.15) is 0 Å². The minimum Gasteiger partial charge on any atom is -0.377 e. The van der Waals surface area contributed by atoms with E-state index >= 15 is 0 Å². The molecule has 4 nitrogen and oxygen atoms in total. The SMILES string of the molecule is CCOC(CN)CCN(CC)Cc1cccc(C)n1. The Labute approximate surface area is 117 Å². The molecule has 1 rings (SSSR count). The highest BCUT2D eigenvalue weighted by Crippen LogP contribution is 2.06. The molecule has 0 fully saturated rings. The van der Waals surface area contributed by atoms with Gasteiger partial charge in [0.2, 0.25) is 0 Å². The molecule has 0 saturated heterocycles. The molecule has 0 bridgehead atoms. The van der Waals surface area contributed by atoms with Crippen LogP contribution in [0.25, 0.3) is 0 Å². The highest BCUT2D eigenvalue weighted by atomic mass is 16.5. The fourth-order valence-electron chi connectivity index (χ4n) is 2.10. The van der Waals surface area contributed by atoms with Gasteiger partial charge in [0.05, 0.1) is 11.8 Å². The Balaban J connectivity index is 2.45. The summed E-state index contributed by atoms with van der Waals surface area (Å²) in [5.74, 6) is 0. The van der Waals surface area contributed by atoms with E-state index in [-0.39, 0.29) is 6.10 Å². The van der Waals surface area contributed by atoms with Gasteiger partial charge in [-0.25, -0.2) is 0 Å². The second-order valence-electron chi connectivity index (χ2n) is 4.74. The second kappa shape index (κ2) is 9.02. The van der Waals surface area contributed by atoms with Crippen LogP contribution in [-0.4, -0.2) is 42.2 Å². The van der Waals surface area contributed by atoms with Crippen LogP contribution < -0.4 is 5.73 Å². The van der Waals surface area contributed by atoms with E-state index in [4.69, 9.17) is 10.5 Å². The molecule has 1 aromatic rings. The first-order valence-electron chi connectivity index (χ1n) is 7.16. The van der Waals surface area contributed by atoms with E-state index in [9.17, 15) is 0 Å². The van der Waals surface area contributed by atoms with Gasteiger partial charge in [-0.2, -0.15) is 0 Å². The van der Waals surface area contributed by atoms with Gasteiger partial charge < -0.3 is 10.5 Å². The maximum atomic E-state index is 5.70. The highest BCUT2D eigenvalue weighted by Gasteiger charge is 2.10. The molecule has 0 amide bonds. The van der Waals surface area contributed by atoms with Gasteiger partial charge in [0.25, 0.3) is 0 Å². The first kappa shape index (κ1) is 16.1. The summed E-state index contributed by atoms with van der Waals surface area (Å²) in [4.78, 5) is 6.93. The number of nitrogens with zero attached hydrogens (tertiary/aromatic N) is 2. The molecule has 0 aliphatic rings. The Morgan fingerprint density at radius 2 is 2.16 bits per heavy atom. The molecule has 0 aromatic carbocycles. The van der Waals surface area contributed by atoms with Crippen molar-refractivity contribution in [3.8, 4) is 0 Å². The van der Waals surface area contributed by atoms with E-state index in [0.717, 1.165) is 44.0 Å². The third-order valence-electron chi connectivity index (χ3n) is 3.21. The average molecular weight is 265 g/mol. The lowest BCUT2D eigenvalue weighted by Gasteiger charge is -2.23. The van der Waals surface area contributed by atoms with Gasteiger partial charge in [-0.1, -0.05) is 13.0 Å². The van der Waals surface area contributed by atoms with E-state index in [0.29, 0.717) is 6.54 Å². The number of ether oxygens (including phenoxy) is 1.